The topological polar surface area (TPSA) is 124 Å². The normalized spacial score (nSPS) is 13.8. The van der Waals surface area contributed by atoms with E-state index in [0.29, 0.717) is 6.42 Å². The van der Waals surface area contributed by atoms with Gasteiger partial charge in [0, 0.05) is 0 Å². The molecular formula is C45H89NO6S. The molecule has 0 aliphatic rings. The number of allylic oxidation sites excluding steroid dienone is 1. The molecule has 0 aliphatic carbocycles. The first kappa shape index (κ1) is 52.0. The summed E-state index contributed by atoms with van der Waals surface area (Å²) in [5.74, 6) is -1.52. The zero-order valence-corrected chi connectivity index (χ0v) is 35.8. The maximum Gasteiger partial charge on any atom is 0.267 e. The molecule has 0 aromatic heterocycles. The molecule has 0 bridgehead atoms. The van der Waals surface area contributed by atoms with Gasteiger partial charge in [0.15, 0.2) is 0 Å². The predicted octanol–water partition coefficient (Wildman–Crippen LogP) is 12.7. The van der Waals surface area contributed by atoms with Crippen LogP contribution in [0.4, 0.5) is 0 Å². The maximum atomic E-state index is 12.6. The molecule has 0 saturated carbocycles. The van der Waals surface area contributed by atoms with Gasteiger partial charge in [-0.1, -0.05) is 238 Å². The van der Waals surface area contributed by atoms with Crippen molar-refractivity contribution in [2.24, 2.45) is 0 Å². The summed E-state index contributed by atoms with van der Waals surface area (Å²) in [6.45, 7) is 4.53. The number of carbonyl (C=O) groups excluding carboxylic acids is 1. The van der Waals surface area contributed by atoms with Crippen molar-refractivity contribution < 1.29 is 28.0 Å². The number of aliphatic hydroxyl groups is 2. The summed E-state index contributed by atoms with van der Waals surface area (Å²) in [4.78, 5) is 12.6. The Bertz CT molecular complexity index is 911. The molecule has 4 N–H and O–H groups in total. The number of unbranched alkanes of at least 4 members (excludes halogenated alkanes) is 33. The molecule has 8 heteroatoms. The van der Waals surface area contributed by atoms with Crippen LogP contribution >= 0.6 is 0 Å². The van der Waals surface area contributed by atoms with Crippen LogP contribution in [0.25, 0.3) is 0 Å². The Morgan fingerprint density at radius 3 is 1.13 bits per heavy atom. The summed E-state index contributed by atoms with van der Waals surface area (Å²) in [5, 5.41) is 23.5. The third kappa shape index (κ3) is 39.1. The molecular weight excluding hydrogens is 683 g/mol. The monoisotopic (exact) mass is 772 g/mol. The van der Waals surface area contributed by atoms with E-state index in [2.05, 4.69) is 19.2 Å². The van der Waals surface area contributed by atoms with Crippen molar-refractivity contribution in [3.8, 4) is 0 Å². The molecule has 7 nitrogen and oxygen atoms in total. The number of carbonyl (C=O) groups is 1. The van der Waals surface area contributed by atoms with Gasteiger partial charge < -0.3 is 15.5 Å². The fourth-order valence-electron chi connectivity index (χ4n) is 7.28. The SMILES string of the molecule is CCCCCCCCCCCCCCCCCCCC/C=C/C(O)C(CS(=O)(=O)O)NC(=O)C(O)CCCCCCCCCCCCCCCCCC. The third-order valence-corrected chi connectivity index (χ3v) is 11.6. The first-order chi connectivity index (χ1) is 25.7. The van der Waals surface area contributed by atoms with E-state index < -0.39 is 40.0 Å². The molecule has 1 amide bonds. The van der Waals surface area contributed by atoms with Crippen LogP contribution in [0.15, 0.2) is 12.2 Å². The van der Waals surface area contributed by atoms with Crippen LogP contribution in [0.1, 0.15) is 245 Å². The standard InChI is InChI=1S/C45H89NO6S/c1-3-5-7-9-11-13-15-17-19-21-22-23-24-26-27-29-31-33-35-37-39-43(47)42(41-53(50,51)52)46-45(49)44(48)40-38-36-34-32-30-28-25-20-18-16-14-12-10-8-6-4-2/h37,39,42-44,47-48H,3-36,38,40-41H2,1-2H3,(H,46,49)(H,50,51,52)/b39-37+. The Hall–Kier alpha value is -0.960. The molecule has 53 heavy (non-hydrogen) atoms. The molecule has 0 spiro atoms. The van der Waals surface area contributed by atoms with Crippen LogP contribution in [0.3, 0.4) is 0 Å². The van der Waals surface area contributed by atoms with Crippen LogP contribution in [0, 0.1) is 0 Å². The first-order valence-corrected chi connectivity index (χ1v) is 24.6. The lowest BCUT2D eigenvalue weighted by Gasteiger charge is -2.22. The van der Waals surface area contributed by atoms with Crippen LogP contribution in [-0.2, 0) is 14.9 Å². The van der Waals surface area contributed by atoms with Crippen molar-refractivity contribution in [3.05, 3.63) is 12.2 Å². The maximum absolute atomic E-state index is 12.6. The van der Waals surface area contributed by atoms with Gasteiger partial charge in [-0.15, -0.1) is 0 Å². The highest BCUT2D eigenvalue weighted by atomic mass is 32.2. The van der Waals surface area contributed by atoms with Gasteiger partial charge in [0.1, 0.15) is 6.10 Å². The largest absolute Gasteiger partial charge is 0.387 e. The van der Waals surface area contributed by atoms with Crippen molar-refractivity contribution in [2.75, 3.05) is 5.75 Å². The molecule has 0 radical (unpaired) electrons. The lowest BCUT2D eigenvalue weighted by molar-refractivity contribution is -0.130. The van der Waals surface area contributed by atoms with Gasteiger partial charge in [0.05, 0.1) is 17.9 Å². The van der Waals surface area contributed by atoms with Crippen molar-refractivity contribution in [3.63, 3.8) is 0 Å². The fourth-order valence-corrected chi connectivity index (χ4v) is 8.02. The molecule has 0 aromatic carbocycles. The number of amides is 1. The van der Waals surface area contributed by atoms with Crippen molar-refractivity contribution in [2.45, 2.75) is 263 Å². The van der Waals surface area contributed by atoms with Gasteiger partial charge >= 0.3 is 0 Å². The quantitative estimate of drug-likeness (QED) is 0.0278. The van der Waals surface area contributed by atoms with Crippen LogP contribution < -0.4 is 5.32 Å². The van der Waals surface area contributed by atoms with E-state index in [1.54, 1.807) is 0 Å². The fraction of sp³-hybridized carbons (Fsp3) is 0.933. The molecule has 316 valence electrons. The molecule has 0 rings (SSSR count). The average Bonchev–Trinajstić information content (AvgIpc) is 3.12. The lowest BCUT2D eigenvalue weighted by Crippen LogP contribution is -2.50. The van der Waals surface area contributed by atoms with Gasteiger partial charge in [-0.3, -0.25) is 9.35 Å². The predicted molar refractivity (Wildman–Crippen MR) is 227 cm³/mol. The summed E-state index contributed by atoms with van der Waals surface area (Å²) in [5.41, 5.74) is 0. The second kappa shape index (κ2) is 39.3. The summed E-state index contributed by atoms with van der Waals surface area (Å²) in [6.07, 6.45) is 45.5. The second-order valence-corrected chi connectivity index (χ2v) is 17.7. The molecule has 0 fully saturated rings. The highest BCUT2D eigenvalue weighted by Gasteiger charge is 2.27. The van der Waals surface area contributed by atoms with E-state index in [0.717, 1.165) is 38.5 Å². The minimum Gasteiger partial charge on any atom is -0.387 e. The average molecular weight is 772 g/mol. The number of hydrogen-bond donors (Lipinski definition) is 4. The Balaban J connectivity index is 3.94. The summed E-state index contributed by atoms with van der Waals surface area (Å²) >= 11 is 0. The van der Waals surface area contributed by atoms with Crippen molar-refractivity contribution in [1.29, 1.82) is 0 Å². The smallest absolute Gasteiger partial charge is 0.267 e. The molecule has 3 atom stereocenters. The van der Waals surface area contributed by atoms with Crippen LogP contribution in [0.2, 0.25) is 0 Å². The van der Waals surface area contributed by atoms with E-state index in [1.807, 2.05) is 6.08 Å². The number of nitrogens with one attached hydrogen (secondary N) is 1. The third-order valence-electron chi connectivity index (χ3n) is 10.8. The van der Waals surface area contributed by atoms with Crippen LogP contribution in [0.5, 0.6) is 0 Å². The van der Waals surface area contributed by atoms with Gasteiger partial charge in [-0.2, -0.15) is 8.42 Å². The van der Waals surface area contributed by atoms with Gasteiger partial charge in [-0.25, -0.2) is 0 Å². The van der Waals surface area contributed by atoms with E-state index in [4.69, 9.17) is 0 Å². The summed E-state index contributed by atoms with van der Waals surface area (Å²) in [7, 11) is -4.44. The van der Waals surface area contributed by atoms with Gasteiger partial charge in [0.25, 0.3) is 10.1 Å². The minimum atomic E-state index is -4.44. The highest BCUT2D eigenvalue weighted by molar-refractivity contribution is 7.85. The highest BCUT2D eigenvalue weighted by Crippen LogP contribution is 2.17. The Labute approximate surface area is 329 Å². The van der Waals surface area contributed by atoms with Gasteiger partial charge in [0.2, 0.25) is 5.91 Å². The van der Waals surface area contributed by atoms with Crippen molar-refractivity contribution in [1.82, 2.24) is 5.32 Å². The van der Waals surface area contributed by atoms with E-state index in [9.17, 15) is 28.0 Å². The first-order valence-electron chi connectivity index (χ1n) is 23.0. The second-order valence-electron chi connectivity index (χ2n) is 16.2. The molecule has 0 aromatic rings. The summed E-state index contributed by atoms with van der Waals surface area (Å²) in [6, 6.07) is -1.23. The van der Waals surface area contributed by atoms with Crippen molar-refractivity contribution >= 4 is 16.0 Å². The number of aliphatic hydroxyl groups excluding tert-OH is 2. The molecule has 0 aliphatic heterocycles. The van der Waals surface area contributed by atoms with E-state index in [1.165, 1.54) is 186 Å². The Morgan fingerprint density at radius 2 is 0.811 bits per heavy atom. The lowest BCUT2D eigenvalue weighted by atomic mass is 10.0. The Kier molecular flexibility index (Phi) is 38.6. The molecule has 0 heterocycles. The van der Waals surface area contributed by atoms with Crippen LogP contribution in [-0.4, -0.2) is 53.1 Å². The summed E-state index contributed by atoms with van der Waals surface area (Å²) < 4.78 is 32.6. The minimum absolute atomic E-state index is 0.286. The van der Waals surface area contributed by atoms with Gasteiger partial charge in [-0.05, 0) is 19.3 Å². The zero-order valence-electron chi connectivity index (χ0n) is 35.0. The number of hydrogen-bond acceptors (Lipinski definition) is 5. The van der Waals surface area contributed by atoms with E-state index in [-0.39, 0.29) is 6.42 Å². The van der Waals surface area contributed by atoms with E-state index >= 15 is 0 Å². The Morgan fingerprint density at radius 1 is 0.509 bits per heavy atom. The number of rotatable bonds is 42. The zero-order chi connectivity index (χ0) is 39.1. The molecule has 0 saturated heterocycles. The molecule has 3 unspecified atom stereocenters.